The number of hydrogen-bond donors (Lipinski definition) is 4. The molecule has 2 spiro atoms. The fourth-order valence-electron chi connectivity index (χ4n) is 4.80. The fraction of sp³-hybridized carbons (Fsp3) is 0.833. The largest absolute Gasteiger partial charge is 0.526 e. The molecular weight excluding hydrogens is 385 g/mol. The van der Waals surface area contributed by atoms with Crippen LogP contribution in [0.3, 0.4) is 0 Å². The molecule has 1 amide bonds. The summed E-state index contributed by atoms with van der Waals surface area (Å²) in [6.07, 6.45) is 9.11. The van der Waals surface area contributed by atoms with Gasteiger partial charge in [-0.1, -0.05) is 19.3 Å². The van der Waals surface area contributed by atoms with E-state index in [2.05, 4.69) is 10.2 Å². The lowest BCUT2D eigenvalue weighted by molar-refractivity contribution is -0.174. The van der Waals surface area contributed by atoms with Gasteiger partial charge in [0.2, 0.25) is 5.91 Å². The molecule has 2 saturated heterocycles. The van der Waals surface area contributed by atoms with E-state index in [1.807, 2.05) is 0 Å². The van der Waals surface area contributed by atoms with Crippen LogP contribution in [0.4, 0.5) is 0 Å². The molecule has 2 aliphatic heterocycles. The Bertz CT molecular complexity index is 635. The maximum atomic E-state index is 12.5. The average Bonchev–Trinajstić information content (AvgIpc) is 2.95. The van der Waals surface area contributed by atoms with E-state index in [0.717, 1.165) is 51.4 Å². The lowest BCUT2D eigenvalue weighted by Crippen LogP contribution is -2.52. The molecule has 3 atom stereocenters. The molecule has 4 rings (SSSR count). The number of fused-ring (bicyclic) bond motifs is 1. The molecule has 0 aromatic heterocycles. The van der Waals surface area contributed by atoms with Crippen molar-refractivity contribution in [2.24, 2.45) is 11.3 Å². The number of carbonyl (C=O) groups excluding carboxylic acids is 3. The van der Waals surface area contributed by atoms with Gasteiger partial charge >= 0.3 is 20.0 Å². The van der Waals surface area contributed by atoms with Crippen LogP contribution in [0.25, 0.3) is 0 Å². The number of rotatable bonds is 6. The predicted molar refractivity (Wildman–Crippen MR) is 99.6 cm³/mol. The van der Waals surface area contributed by atoms with E-state index in [0.29, 0.717) is 25.2 Å². The van der Waals surface area contributed by atoms with Crippen molar-refractivity contribution >= 4 is 25.9 Å². The zero-order valence-corrected chi connectivity index (χ0v) is 16.8. The Morgan fingerprint density at radius 2 is 1.82 bits per heavy atom. The molecule has 2 aliphatic carbocycles. The van der Waals surface area contributed by atoms with Crippen molar-refractivity contribution in [1.82, 2.24) is 15.7 Å². The standard InChI is InChI=1S/C18H28N3O6P/c22-15(19-25)6-3-1-2-5-12-7-8-13-14(11-12)21-28(20-13)26-16(23)18(9-4-10-18)17(24)27-28/h12-14,20-21H,1-11H2,(H-,19,22,25)/p+1. The van der Waals surface area contributed by atoms with E-state index in [1.165, 1.54) is 0 Å². The molecule has 9 nitrogen and oxygen atoms in total. The van der Waals surface area contributed by atoms with Gasteiger partial charge in [0.15, 0.2) is 5.41 Å². The third kappa shape index (κ3) is 3.65. The number of hydroxylamine groups is 1. The maximum absolute atomic E-state index is 12.5. The van der Waals surface area contributed by atoms with E-state index in [-0.39, 0.29) is 18.0 Å². The molecular formula is C18H29N3O6P+. The highest BCUT2D eigenvalue weighted by molar-refractivity contribution is 7.64. The molecule has 4 fully saturated rings. The van der Waals surface area contributed by atoms with Gasteiger partial charge < -0.3 is 0 Å². The number of carbonyl (C=O) groups is 3. The molecule has 4 aliphatic rings. The Hall–Kier alpha value is -1.28. The molecule has 0 radical (unpaired) electrons. The quantitative estimate of drug-likeness (QED) is 0.171. The molecule has 0 bridgehead atoms. The first-order chi connectivity index (χ1) is 13.5. The summed E-state index contributed by atoms with van der Waals surface area (Å²) in [5.41, 5.74) is 0.611. The second-order valence-electron chi connectivity index (χ2n) is 8.53. The van der Waals surface area contributed by atoms with Crippen molar-refractivity contribution in [3.63, 3.8) is 0 Å². The van der Waals surface area contributed by atoms with Gasteiger partial charge in [0.25, 0.3) is 0 Å². The Morgan fingerprint density at radius 1 is 1.11 bits per heavy atom. The van der Waals surface area contributed by atoms with Crippen molar-refractivity contribution in [2.45, 2.75) is 82.7 Å². The van der Waals surface area contributed by atoms with Gasteiger partial charge in [-0.05, 0) is 50.9 Å². The van der Waals surface area contributed by atoms with Crippen LogP contribution in [0.5, 0.6) is 0 Å². The zero-order valence-electron chi connectivity index (χ0n) is 15.9. The van der Waals surface area contributed by atoms with Gasteiger partial charge in [0.05, 0.1) is 12.1 Å². The Labute approximate surface area is 164 Å². The van der Waals surface area contributed by atoms with Crippen molar-refractivity contribution in [1.29, 1.82) is 0 Å². The predicted octanol–water partition coefficient (Wildman–Crippen LogP) is 2.12. The summed E-state index contributed by atoms with van der Waals surface area (Å²) >= 11 is 0. The van der Waals surface area contributed by atoms with Crippen LogP contribution in [-0.2, 0) is 23.4 Å². The minimum atomic E-state index is -2.86. The van der Waals surface area contributed by atoms with Gasteiger partial charge in [-0.25, -0.2) is 24.1 Å². The summed E-state index contributed by atoms with van der Waals surface area (Å²) < 4.78 is 11.4. The van der Waals surface area contributed by atoms with Crippen LogP contribution in [0.15, 0.2) is 0 Å². The highest BCUT2D eigenvalue weighted by atomic mass is 31.2. The summed E-state index contributed by atoms with van der Waals surface area (Å²) in [5, 5.41) is 15.2. The maximum Gasteiger partial charge on any atom is 0.526 e. The molecule has 2 heterocycles. The van der Waals surface area contributed by atoms with Gasteiger partial charge in [0.1, 0.15) is 0 Å². The Morgan fingerprint density at radius 3 is 2.46 bits per heavy atom. The highest BCUT2D eigenvalue weighted by Crippen LogP contribution is 2.66. The second kappa shape index (κ2) is 7.86. The summed E-state index contributed by atoms with van der Waals surface area (Å²) in [6, 6.07) is 0.303. The lowest BCUT2D eigenvalue weighted by Gasteiger charge is -2.39. The average molecular weight is 414 g/mol. The van der Waals surface area contributed by atoms with Crippen LogP contribution in [0.2, 0.25) is 0 Å². The van der Waals surface area contributed by atoms with Crippen LogP contribution in [-0.4, -0.2) is 35.1 Å². The number of amides is 1. The second-order valence-corrected chi connectivity index (χ2v) is 10.5. The summed E-state index contributed by atoms with van der Waals surface area (Å²) in [5.74, 6) is -0.623. The first kappa shape index (κ1) is 20.0. The van der Waals surface area contributed by atoms with E-state index in [9.17, 15) is 14.4 Å². The Kier molecular flexibility index (Phi) is 5.62. The Balaban J connectivity index is 1.25. The van der Waals surface area contributed by atoms with E-state index < -0.39 is 25.4 Å². The van der Waals surface area contributed by atoms with Crippen LogP contribution < -0.4 is 15.7 Å². The van der Waals surface area contributed by atoms with E-state index >= 15 is 0 Å². The van der Waals surface area contributed by atoms with Crippen LogP contribution in [0.1, 0.15) is 70.6 Å². The fourth-order valence-corrected chi connectivity index (χ4v) is 7.40. The van der Waals surface area contributed by atoms with Crippen molar-refractivity contribution < 1.29 is 28.6 Å². The molecule has 156 valence electrons. The van der Waals surface area contributed by atoms with Gasteiger partial charge in [0, 0.05) is 6.42 Å². The number of hydrogen-bond acceptors (Lipinski definition) is 8. The zero-order chi connectivity index (χ0) is 19.8. The first-order valence-corrected chi connectivity index (χ1v) is 11.9. The van der Waals surface area contributed by atoms with Crippen LogP contribution >= 0.6 is 8.02 Å². The normalized spacial score (nSPS) is 32.4. The molecule has 2 saturated carbocycles. The monoisotopic (exact) mass is 414 g/mol. The third-order valence-electron chi connectivity index (χ3n) is 6.68. The number of nitrogens with one attached hydrogen (secondary N) is 3. The van der Waals surface area contributed by atoms with Gasteiger partial charge in [-0.15, -0.1) is 10.2 Å². The minimum Gasteiger partial charge on any atom is -0.289 e. The molecule has 10 heteroatoms. The smallest absolute Gasteiger partial charge is 0.289 e. The van der Waals surface area contributed by atoms with E-state index in [1.54, 1.807) is 5.48 Å². The minimum absolute atomic E-state index is 0.142. The SMILES string of the molecule is O=C(CCCCCC1CCC2N[P+]3(NC2C1)OC(=O)C1(CCC1)C(=O)O3)NO. The first-order valence-electron chi connectivity index (χ1n) is 10.3. The molecule has 28 heavy (non-hydrogen) atoms. The third-order valence-corrected chi connectivity index (χ3v) is 8.87. The molecule has 0 aromatic carbocycles. The molecule has 3 unspecified atom stereocenters. The molecule has 0 aromatic rings. The number of unbranched alkanes of at least 4 members (excludes halogenated alkanes) is 2. The topological polar surface area (TPSA) is 126 Å². The van der Waals surface area contributed by atoms with Crippen LogP contribution in [0, 0.1) is 11.3 Å². The summed E-state index contributed by atoms with van der Waals surface area (Å²) in [6.45, 7) is 0. The van der Waals surface area contributed by atoms with Crippen molar-refractivity contribution in [3.05, 3.63) is 0 Å². The summed E-state index contributed by atoms with van der Waals surface area (Å²) in [4.78, 5) is 36.0. The van der Waals surface area contributed by atoms with Gasteiger partial charge in [-0.2, -0.15) is 0 Å². The van der Waals surface area contributed by atoms with E-state index in [4.69, 9.17) is 14.3 Å². The summed E-state index contributed by atoms with van der Waals surface area (Å²) in [7, 11) is -2.86. The van der Waals surface area contributed by atoms with Gasteiger partial charge in [-0.3, -0.25) is 10.0 Å². The molecule has 4 N–H and O–H groups in total. The van der Waals surface area contributed by atoms with Crippen molar-refractivity contribution in [2.75, 3.05) is 0 Å². The highest BCUT2D eigenvalue weighted by Gasteiger charge is 2.71. The lowest BCUT2D eigenvalue weighted by atomic mass is 9.69. The van der Waals surface area contributed by atoms with Crippen molar-refractivity contribution in [3.8, 4) is 0 Å².